The fourth-order valence-electron chi connectivity index (χ4n) is 0.625. The average molecular weight is 184 g/mol. The second kappa shape index (κ2) is 4.54. The van der Waals surface area contributed by atoms with Gasteiger partial charge in [0.05, 0.1) is 5.60 Å². The van der Waals surface area contributed by atoms with Gasteiger partial charge in [-0.1, -0.05) is 0 Å². The Morgan fingerprint density at radius 2 is 2.00 bits per heavy atom. The number of hydrogen-bond donors (Lipinski definition) is 3. The lowest BCUT2D eigenvalue weighted by atomic mass is 10.0. The monoisotopic (exact) mass is 183 g/mol. The summed E-state index contributed by atoms with van der Waals surface area (Å²) in [6.45, 7) is 3.05. The minimum Gasteiger partial charge on any atom is -0.480 e. The van der Waals surface area contributed by atoms with E-state index < -0.39 is 17.6 Å². The standard InChI is InChI=1S/C6H13NO3.ClH/c1-6(2,10)3-4(7)5(8)9;/h4,10H,3,7H2,1-2H3,(H,8,9);1H/t4-;/m0./s1. The van der Waals surface area contributed by atoms with Crippen LogP contribution in [0.3, 0.4) is 0 Å². The highest BCUT2D eigenvalue weighted by atomic mass is 35.5. The van der Waals surface area contributed by atoms with Crippen LogP contribution in [0.1, 0.15) is 20.3 Å². The molecule has 0 unspecified atom stereocenters. The Kier molecular flexibility index (Phi) is 5.48. The number of carboxylic acids is 1. The number of halogens is 1. The number of hydrogen-bond acceptors (Lipinski definition) is 3. The second-order valence-electron chi connectivity index (χ2n) is 2.96. The van der Waals surface area contributed by atoms with Crippen LogP contribution in [0, 0.1) is 0 Å². The highest BCUT2D eigenvalue weighted by molar-refractivity contribution is 5.85. The van der Waals surface area contributed by atoms with E-state index in [0.29, 0.717) is 0 Å². The molecule has 68 valence electrons. The van der Waals surface area contributed by atoms with Crippen LogP contribution in [0.4, 0.5) is 0 Å². The van der Waals surface area contributed by atoms with Crippen molar-refractivity contribution in [3.8, 4) is 0 Å². The molecule has 1 atom stereocenters. The minimum atomic E-state index is -1.08. The van der Waals surface area contributed by atoms with Gasteiger partial charge in [-0.25, -0.2) is 0 Å². The van der Waals surface area contributed by atoms with E-state index in [1.807, 2.05) is 0 Å². The topological polar surface area (TPSA) is 83.5 Å². The lowest BCUT2D eigenvalue weighted by Crippen LogP contribution is -2.37. The summed E-state index contributed by atoms with van der Waals surface area (Å²) in [5, 5.41) is 17.4. The van der Waals surface area contributed by atoms with Crippen molar-refractivity contribution in [1.82, 2.24) is 0 Å². The van der Waals surface area contributed by atoms with Crippen LogP contribution in [0.5, 0.6) is 0 Å². The van der Waals surface area contributed by atoms with E-state index in [-0.39, 0.29) is 18.8 Å². The Hall–Kier alpha value is -0.320. The first-order valence-electron chi connectivity index (χ1n) is 3.04. The third-order valence-electron chi connectivity index (χ3n) is 1.04. The predicted octanol–water partition coefficient (Wildman–Crippen LogP) is -0.0189. The van der Waals surface area contributed by atoms with Gasteiger partial charge >= 0.3 is 5.97 Å². The van der Waals surface area contributed by atoms with Crippen LogP contribution in [0.15, 0.2) is 0 Å². The molecule has 0 radical (unpaired) electrons. The SMILES string of the molecule is CC(C)(O)C[C@H](N)C(=O)O.Cl. The van der Waals surface area contributed by atoms with Crippen molar-refractivity contribution in [1.29, 1.82) is 0 Å². The van der Waals surface area contributed by atoms with E-state index in [0.717, 1.165) is 0 Å². The normalized spacial score (nSPS) is 13.5. The van der Waals surface area contributed by atoms with Crippen LogP contribution in [0.2, 0.25) is 0 Å². The van der Waals surface area contributed by atoms with Crippen molar-refractivity contribution in [2.75, 3.05) is 0 Å². The lowest BCUT2D eigenvalue weighted by molar-refractivity contribution is -0.140. The molecule has 4 N–H and O–H groups in total. The third kappa shape index (κ3) is 7.58. The van der Waals surface area contributed by atoms with Crippen LogP contribution < -0.4 is 5.73 Å². The fraction of sp³-hybridized carbons (Fsp3) is 0.833. The minimum absolute atomic E-state index is 0. The average Bonchev–Trinajstić information content (AvgIpc) is 1.60. The van der Waals surface area contributed by atoms with Crippen molar-refractivity contribution in [2.45, 2.75) is 31.9 Å². The quantitative estimate of drug-likeness (QED) is 0.574. The van der Waals surface area contributed by atoms with Gasteiger partial charge in [0.25, 0.3) is 0 Å². The zero-order valence-corrected chi connectivity index (χ0v) is 7.39. The van der Waals surface area contributed by atoms with Gasteiger partial charge in [-0.15, -0.1) is 12.4 Å². The highest BCUT2D eigenvalue weighted by Gasteiger charge is 2.21. The van der Waals surface area contributed by atoms with E-state index in [9.17, 15) is 4.79 Å². The molecule has 0 fully saturated rings. The Balaban J connectivity index is 0. The zero-order valence-electron chi connectivity index (χ0n) is 6.57. The summed E-state index contributed by atoms with van der Waals surface area (Å²) in [6, 6.07) is -0.972. The molecule has 0 heterocycles. The molecule has 0 aliphatic rings. The Bertz CT molecular complexity index is 132. The molecular formula is C6H14ClNO3. The predicted molar refractivity (Wildman–Crippen MR) is 43.8 cm³/mol. The first-order valence-corrected chi connectivity index (χ1v) is 3.04. The molecule has 0 rings (SSSR count). The summed E-state index contributed by atoms with van der Waals surface area (Å²) < 4.78 is 0. The van der Waals surface area contributed by atoms with Crippen LogP contribution in [-0.2, 0) is 4.79 Å². The molecule has 11 heavy (non-hydrogen) atoms. The molecule has 0 aromatic rings. The maximum atomic E-state index is 10.1. The first-order chi connectivity index (χ1) is 4.33. The molecule has 0 bridgehead atoms. The third-order valence-corrected chi connectivity index (χ3v) is 1.04. The van der Waals surface area contributed by atoms with Crippen molar-refractivity contribution in [3.05, 3.63) is 0 Å². The van der Waals surface area contributed by atoms with E-state index in [4.69, 9.17) is 15.9 Å². The van der Waals surface area contributed by atoms with E-state index in [1.54, 1.807) is 0 Å². The zero-order chi connectivity index (χ0) is 8.36. The summed E-state index contributed by atoms with van der Waals surface area (Å²) in [5.74, 6) is -1.08. The summed E-state index contributed by atoms with van der Waals surface area (Å²) in [4.78, 5) is 10.1. The molecule has 4 nitrogen and oxygen atoms in total. The van der Waals surface area contributed by atoms with Crippen molar-refractivity contribution in [2.24, 2.45) is 5.73 Å². The lowest BCUT2D eigenvalue weighted by Gasteiger charge is -2.18. The number of carbonyl (C=O) groups is 1. The van der Waals surface area contributed by atoms with Crippen molar-refractivity contribution < 1.29 is 15.0 Å². The number of aliphatic hydroxyl groups is 1. The van der Waals surface area contributed by atoms with Gasteiger partial charge < -0.3 is 15.9 Å². The van der Waals surface area contributed by atoms with Gasteiger partial charge in [0.1, 0.15) is 6.04 Å². The molecule has 0 amide bonds. The number of rotatable bonds is 3. The molecule has 0 saturated heterocycles. The molecule has 0 saturated carbocycles. The molecule has 0 aromatic heterocycles. The molecular weight excluding hydrogens is 170 g/mol. The molecule has 0 spiro atoms. The van der Waals surface area contributed by atoms with Gasteiger partial charge in [0.2, 0.25) is 0 Å². The highest BCUT2D eigenvalue weighted by Crippen LogP contribution is 2.08. The molecule has 0 aliphatic carbocycles. The van der Waals surface area contributed by atoms with Gasteiger partial charge in [-0.05, 0) is 13.8 Å². The number of aliphatic carboxylic acids is 1. The van der Waals surface area contributed by atoms with Crippen molar-refractivity contribution in [3.63, 3.8) is 0 Å². The smallest absolute Gasteiger partial charge is 0.320 e. The Labute approximate surface area is 71.8 Å². The second-order valence-corrected chi connectivity index (χ2v) is 2.96. The van der Waals surface area contributed by atoms with E-state index in [1.165, 1.54) is 13.8 Å². The van der Waals surface area contributed by atoms with Crippen LogP contribution >= 0.6 is 12.4 Å². The first kappa shape index (κ1) is 13.3. The fourth-order valence-corrected chi connectivity index (χ4v) is 0.625. The van der Waals surface area contributed by atoms with E-state index >= 15 is 0 Å². The largest absolute Gasteiger partial charge is 0.480 e. The summed E-state index contributed by atoms with van der Waals surface area (Å²) >= 11 is 0. The van der Waals surface area contributed by atoms with E-state index in [2.05, 4.69) is 0 Å². The summed E-state index contributed by atoms with van der Waals surface area (Å²) in [7, 11) is 0. The number of carboxylic acid groups (broad SMARTS) is 1. The number of nitrogens with two attached hydrogens (primary N) is 1. The maximum absolute atomic E-state index is 10.1. The Morgan fingerprint density at radius 3 is 2.09 bits per heavy atom. The Morgan fingerprint density at radius 1 is 1.64 bits per heavy atom. The van der Waals surface area contributed by atoms with Gasteiger partial charge in [0, 0.05) is 6.42 Å². The van der Waals surface area contributed by atoms with Crippen LogP contribution in [0.25, 0.3) is 0 Å². The van der Waals surface area contributed by atoms with Crippen LogP contribution in [-0.4, -0.2) is 27.8 Å². The van der Waals surface area contributed by atoms with Crippen molar-refractivity contribution >= 4 is 18.4 Å². The maximum Gasteiger partial charge on any atom is 0.320 e. The molecule has 0 aliphatic heterocycles. The molecule has 0 aromatic carbocycles. The van der Waals surface area contributed by atoms with Gasteiger partial charge in [-0.3, -0.25) is 4.79 Å². The van der Waals surface area contributed by atoms with Gasteiger partial charge in [0.15, 0.2) is 0 Å². The van der Waals surface area contributed by atoms with Gasteiger partial charge in [-0.2, -0.15) is 0 Å². The summed E-state index contributed by atoms with van der Waals surface area (Å²) in [5.41, 5.74) is 4.14. The summed E-state index contributed by atoms with van der Waals surface area (Å²) in [6.07, 6.45) is 0.0718. The molecule has 5 heteroatoms.